The first kappa shape index (κ1) is 11.9. The van der Waals surface area contributed by atoms with Gasteiger partial charge in [-0.25, -0.2) is 4.98 Å². The molecule has 1 aliphatic carbocycles. The lowest BCUT2D eigenvalue weighted by Gasteiger charge is -2.04. The van der Waals surface area contributed by atoms with Crippen LogP contribution in [0.1, 0.15) is 36.1 Å². The molecule has 1 aromatic heterocycles. The Kier molecular flexibility index (Phi) is 3.43. The lowest BCUT2D eigenvalue weighted by molar-refractivity contribution is 0.734. The van der Waals surface area contributed by atoms with Crippen LogP contribution in [-0.4, -0.2) is 11.5 Å². The van der Waals surface area contributed by atoms with E-state index in [9.17, 15) is 0 Å². The first-order chi connectivity index (χ1) is 8.88. The molecule has 0 spiro atoms. The molecule has 1 aliphatic rings. The summed E-state index contributed by atoms with van der Waals surface area (Å²) in [4.78, 5) is 5.91. The highest BCUT2D eigenvalue weighted by atomic mass is 32.1. The molecule has 1 N–H and O–H groups in total. The van der Waals surface area contributed by atoms with Crippen LogP contribution in [0.15, 0.2) is 30.5 Å². The van der Waals surface area contributed by atoms with Crippen LogP contribution in [0.4, 0.5) is 0 Å². The van der Waals surface area contributed by atoms with Crippen molar-refractivity contribution in [2.75, 3.05) is 6.54 Å². The summed E-state index contributed by atoms with van der Waals surface area (Å²) in [7, 11) is 0. The van der Waals surface area contributed by atoms with Gasteiger partial charge < -0.3 is 5.32 Å². The Bertz CT molecular complexity index is 529. The summed E-state index contributed by atoms with van der Waals surface area (Å²) in [5.41, 5.74) is 2.83. The Labute approximate surface area is 112 Å². The van der Waals surface area contributed by atoms with Crippen molar-refractivity contribution in [1.29, 1.82) is 0 Å². The molecule has 0 saturated heterocycles. The Morgan fingerprint density at radius 3 is 2.94 bits per heavy atom. The minimum atomic E-state index is 0.780. The molecule has 1 aromatic carbocycles. The summed E-state index contributed by atoms with van der Waals surface area (Å²) in [5.74, 6) is 0.780. The van der Waals surface area contributed by atoms with Gasteiger partial charge in [0, 0.05) is 23.2 Å². The Balaban J connectivity index is 1.87. The van der Waals surface area contributed by atoms with Crippen LogP contribution in [0.3, 0.4) is 0 Å². The topological polar surface area (TPSA) is 24.9 Å². The van der Waals surface area contributed by atoms with E-state index in [1.165, 1.54) is 33.9 Å². The molecule has 3 rings (SSSR count). The molecular formula is C15H18N2S. The van der Waals surface area contributed by atoms with Gasteiger partial charge in [-0.1, -0.05) is 31.2 Å². The van der Waals surface area contributed by atoms with E-state index < -0.39 is 0 Å². The number of rotatable bonds is 5. The molecule has 1 fully saturated rings. The van der Waals surface area contributed by atoms with E-state index >= 15 is 0 Å². The smallest absolute Gasteiger partial charge is 0.123 e. The fourth-order valence-corrected chi connectivity index (χ4v) is 3.13. The summed E-state index contributed by atoms with van der Waals surface area (Å²) in [6.07, 6.45) is 4.69. The lowest BCUT2D eigenvalue weighted by atomic mass is 10.0. The van der Waals surface area contributed by atoms with Gasteiger partial charge in [0.15, 0.2) is 0 Å². The molecule has 94 valence electrons. The van der Waals surface area contributed by atoms with Gasteiger partial charge in [-0.05, 0) is 30.9 Å². The second kappa shape index (κ2) is 5.21. The molecule has 1 heterocycles. The first-order valence-corrected chi connectivity index (χ1v) is 7.45. The van der Waals surface area contributed by atoms with Crippen molar-refractivity contribution in [3.8, 4) is 10.6 Å². The van der Waals surface area contributed by atoms with E-state index in [1.807, 2.05) is 17.5 Å². The van der Waals surface area contributed by atoms with E-state index in [4.69, 9.17) is 0 Å². The van der Waals surface area contributed by atoms with Gasteiger partial charge in [0.1, 0.15) is 5.01 Å². The van der Waals surface area contributed by atoms with Crippen LogP contribution < -0.4 is 5.32 Å². The fraction of sp³-hybridized carbons (Fsp3) is 0.400. The lowest BCUT2D eigenvalue weighted by Crippen LogP contribution is -2.10. The standard InChI is InChI=1S/C15H18N2S/c1-2-16-9-12-10-17-15(18-12)14-6-4-3-5-13(14)11-7-8-11/h3-6,10-11,16H,2,7-9H2,1H3. The van der Waals surface area contributed by atoms with Gasteiger partial charge in [0.25, 0.3) is 0 Å². The average molecular weight is 258 g/mol. The van der Waals surface area contributed by atoms with Crippen molar-refractivity contribution >= 4 is 11.3 Å². The third-order valence-corrected chi connectivity index (χ3v) is 4.34. The molecular weight excluding hydrogens is 240 g/mol. The number of hydrogen-bond donors (Lipinski definition) is 1. The Morgan fingerprint density at radius 1 is 1.33 bits per heavy atom. The van der Waals surface area contributed by atoms with Crippen molar-refractivity contribution in [2.24, 2.45) is 0 Å². The zero-order valence-electron chi connectivity index (χ0n) is 10.6. The van der Waals surface area contributed by atoms with E-state index in [0.717, 1.165) is 19.0 Å². The predicted octanol–water partition coefficient (Wildman–Crippen LogP) is 3.80. The number of aromatic nitrogens is 1. The fourth-order valence-electron chi connectivity index (χ4n) is 2.20. The predicted molar refractivity (Wildman–Crippen MR) is 76.9 cm³/mol. The second-order valence-corrected chi connectivity index (χ2v) is 5.89. The van der Waals surface area contributed by atoms with Crippen LogP contribution in [0, 0.1) is 0 Å². The first-order valence-electron chi connectivity index (χ1n) is 6.63. The third kappa shape index (κ3) is 2.47. The van der Waals surface area contributed by atoms with Crippen LogP contribution in [0.2, 0.25) is 0 Å². The molecule has 0 aliphatic heterocycles. The van der Waals surface area contributed by atoms with E-state index in [2.05, 4.69) is 41.5 Å². The maximum atomic E-state index is 4.59. The Hall–Kier alpha value is -1.19. The third-order valence-electron chi connectivity index (χ3n) is 3.31. The zero-order chi connectivity index (χ0) is 12.4. The number of benzene rings is 1. The molecule has 2 nitrogen and oxygen atoms in total. The van der Waals surface area contributed by atoms with Gasteiger partial charge in [-0.2, -0.15) is 0 Å². The molecule has 0 unspecified atom stereocenters. The molecule has 1 saturated carbocycles. The van der Waals surface area contributed by atoms with Gasteiger partial charge >= 0.3 is 0 Å². The molecule has 0 radical (unpaired) electrons. The summed E-state index contributed by atoms with van der Waals surface area (Å²) >= 11 is 1.81. The number of thiazole rings is 1. The summed E-state index contributed by atoms with van der Waals surface area (Å²) in [6, 6.07) is 8.73. The summed E-state index contributed by atoms with van der Waals surface area (Å²) in [5, 5.41) is 4.52. The quantitative estimate of drug-likeness (QED) is 0.882. The minimum absolute atomic E-state index is 0.780. The Morgan fingerprint density at radius 2 is 2.17 bits per heavy atom. The molecule has 2 aromatic rings. The second-order valence-electron chi connectivity index (χ2n) is 4.77. The minimum Gasteiger partial charge on any atom is -0.312 e. The van der Waals surface area contributed by atoms with Gasteiger partial charge in [-0.3, -0.25) is 0 Å². The average Bonchev–Trinajstić information content (AvgIpc) is 3.15. The molecule has 0 amide bonds. The van der Waals surface area contributed by atoms with Crippen molar-refractivity contribution in [2.45, 2.75) is 32.2 Å². The number of nitrogens with one attached hydrogen (secondary N) is 1. The molecule has 0 bridgehead atoms. The summed E-state index contributed by atoms with van der Waals surface area (Å²) < 4.78 is 0. The van der Waals surface area contributed by atoms with Crippen LogP contribution in [0.25, 0.3) is 10.6 Å². The van der Waals surface area contributed by atoms with Gasteiger partial charge in [0.05, 0.1) is 0 Å². The highest BCUT2D eigenvalue weighted by molar-refractivity contribution is 7.15. The normalized spacial score (nSPS) is 14.9. The van der Waals surface area contributed by atoms with E-state index in [1.54, 1.807) is 0 Å². The van der Waals surface area contributed by atoms with Gasteiger partial charge in [-0.15, -0.1) is 11.3 Å². The maximum absolute atomic E-state index is 4.59. The molecule has 18 heavy (non-hydrogen) atoms. The molecule has 3 heteroatoms. The van der Waals surface area contributed by atoms with Crippen molar-refractivity contribution in [1.82, 2.24) is 10.3 Å². The highest BCUT2D eigenvalue weighted by Crippen LogP contribution is 2.44. The van der Waals surface area contributed by atoms with E-state index in [-0.39, 0.29) is 0 Å². The van der Waals surface area contributed by atoms with Crippen molar-refractivity contribution in [3.05, 3.63) is 40.9 Å². The highest BCUT2D eigenvalue weighted by Gasteiger charge is 2.26. The summed E-state index contributed by atoms with van der Waals surface area (Å²) in [6.45, 7) is 4.07. The zero-order valence-corrected chi connectivity index (χ0v) is 11.5. The van der Waals surface area contributed by atoms with Crippen molar-refractivity contribution < 1.29 is 0 Å². The van der Waals surface area contributed by atoms with Crippen LogP contribution in [-0.2, 0) is 6.54 Å². The number of hydrogen-bond acceptors (Lipinski definition) is 3. The SMILES string of the molecule is CCNCc1cnc(-c2ccccc2C2CC2)s1. The van der Waals surface area contributed by atoms with Crippen molar-refractivity contribution in [3.63, 3.8) is 0 Å². The van der Waals surface area contributed by atoms with Gasteiger partial charge in [0.2, 0.25) is 0 Å². The maximum Gasteiger partial charge on any atom is 0.123 e. The van der Waals surface area contributed by atoms with Crippen LogP contribution in [0.5, 0.6) is 0 Å². The largest absolute Gasteiger partial charge is 0.312 e. The van der Waals surface area contributed by atoms with E-state index in [0.29, 0.717) is 0 Å². The molecule has 0 atom stereocenters. The number of nitrogens with zero attached hydrogens (tertiary/aromatic N) is 1. The monoisotopic (exact) mass is 258 g/mol. The van der Waals surface area contributed by atoms with Crippen LogP contribution >= 0.6 is 11.3 Å².